The van der Waals surface area contributed by atoms with E-state index in [0.717, 1.165) is 50.1 Å². The Bertz CT molecular complexity index is 3590. The monoisotopic (exact) mass is 789 g/mol. The van der Waals surface area contributed by atoms with Crippen molar-refractivity contribution in [2.24, 2.45) is 0 Å². The van der Waals surface area contributed by atoms with Crippen LogP contribution in [0, 0.1) is 0 Å². The van der Waals surface area contributed by atoms with Crippen LogP contribution in [-0.2, 0) is 0 Å². The van der Waals surface area contributed by atoms with Gasteiger partial charge in [-0.05, 0) is 131 Å². The van der Waals surface area contributed by atoms with Crippen LogP contribution in [0.1, 0.15) is 0 Å². The third-order valence-corrected chi connectivity index (χ3v) is 12.5. The zero-order valence-corrected chi connectivity index (χ0v) is 33.9. The molecule has 12 aromatic rings. The normalized spacial score (nSPS) is 11.5. The second-order valence-electron chi connectivity index (χ2n) is 16.1. The quantitative estimate of drug-likeness (QED) is 0.150. The van der Waals surface area contributed by atoms with E-state index in [1.54, 1.807) is 0 Å². The number of furan rings is 1. The van der Waals surface area contributed by atoms with E-state index in [0.29, 0.717) is 0 Å². The summed E-state index contributed by atoms with van der Waals surface area (Å²) < 4.78 is 6.25. The Morgan fingerprint density at radius 2 is 0.694 bits per heavy atom. The molecule has 0 aliphatic heterocycles. The maximum atomic E-state index is 6.25. The van der Waals surface area contributed by atoms with Crippen LogP contribution in [0.15, 0.2) is 241 Å². The first kappa shape index (κ1) is 35.7. The van der Waals surface area contributed by atoms with Gasteiger partial charge in [-0.2, -0.15) is 0 Å². The summed E-state index contributed by atoms with van der Waals surface area (Å²) in [6.45, 7) is 0. The van der Waals surface area contributed by atoms with Crippen LogP contribution in [0.2, 0.25) is 0 Å². The molecule has 0 atom stereocenters. The Balaban J connectivity index is 0.903. The molecule has 1 heterocycles. The minimum atomic E-state index is 0.901. The van der Waals surface area contributed by atoms with Crippen molar-refractivity contribution < 1.29 is 4.42 Å². The van der Waals surface area contributed by atoms with E-state index < -0.39 is 0 Å². The van der Waals surface area contributed by atoms with Crippen molar-refractivity contribution in [1.29, 1.82) is 0 Å². The highest BCUT2D eigenvalue weighted by atomic mass is 16.3. The van der Waals surface area contributed by atoms with E-state index in [4.69, 9.17) is 4.42 Å². The zero-order valence-electron chi connectivity index (χ0n) is 33.9. The Morgan fingerprint density at radius 3 is 1.40 bits per heavy atom. The smallest absolute Gasteiger partial charge is 0.136 e. The predicted octanol–water partition coefficient (Wildman–Crippen LogP) is 17.2. The number of hydrogen-bond acceptors (Lipinski definition) is 2. The molecule has 0 bridgehead atoms. The van der Waals surface area contributed by atoms with Gasteiger partial charge in [0.2, 0.25) is 0 Å². The number of hydrogen-bond donors (Lipinski definition) is 0. The highest BCUT2D eigenvalue weighted by Gasteiger charge is 2.16. The van der Waals surface area contributed by atoms with E-state index in [2.05, 4.69) is 229 Å². The average Bonchev–Trinajstić information content (AvgIpc) is 3.74. The standard InChI is InChI=1S/C60H39NO/c1-3-12-52-43(9-1)11-7-15-54(52)45-21-19-40(20-22-45)41-25-32-49(33-26-41)61(51-36-29-46(30-37-51)56-16-8-18-59-60(56)57-14-5-6-17-58(57)62-59)50-34-27-42(28-35-50)47-31-38-55-48(39-47)24-23-44-10-2-4-13-53(44)55/h1-39H. The maximum absolute atomic E-state index is 6.25. The Hall–Kier alpha value is -8.20. The van der Waals surface area contributed by atoms with Crippen molar-refractivity contribution in [1.82, 2.24) is 0 Å². The molecule has 62 heavy (non-hydrogen) atoms. The minimum Gasteiger partial charge on any atom is -0.456 e. The van der Waals surface area contributed by atoms with Gasteiger partial charge in [-0.15, -0.1) is 0 Å². The molecule has 0 N–H and O–H groups in total. The van der Waals surface area contributed by atoms with Gasteiger partial charge in [0.25, 0.3) is 0 Å². The van der Waals surface area contributed by atoms with Crippen LogP contribution >= 0.6 is 0 Å². The second kappa shape index (κ2) is 14.8. The molecule has 0 aliphatic carbocycles. The molecule has 0 saturated carbocycles. The molecule has 0 aliphatic rings. The van der Waals surface area contributed by atoms with Gasteiger partial charge in [-0.25, -0.2) is 0 Å². The Kier molecular flexibility index (Phi) is 8.53. The number of rotatable bonds is 7. The molecule has 290 valence electrons. The highest BCUT2D eigenvalue weighted by Crippen LogP contribution is 2.41. The topological polar surface area (TPSA) is 16.4 Å². The van der Waals surface area contributed by atoms with Crippen LogP contribution in [0.25, 0.3) is 98.8 Å². The van der Waals surface area contributed by atoms with Gasteiger partial charge in [0.15, 0.2) is 0 Å². The molecule has 1 aromatic heterocycles. The minimum absolute atomic E-state index is 0.901. The lowest BCUT2D eigenvalue weighted by molar-refractivity contribution is 0.669. The zero-order chi connectivity index (χ0) is 41.0. The summed E-state index contributed by atoms with van der Waals surface area (Å²) in [5.74, 6) is 0. The molecule has 11 aromatic carbocycles. The lowest BCUT2D eigenvalue weighted by atomic mass is 9.96. The Labute approximate surface area is 360 Å². The summed E-state index contributed by atoms with van der Waals surface area (Å²) in [5, 5.41) is 9.87. The summed E-state index contributed by atoms with van der Waals surface area (Å²) in [6, 6.07) is 85.5. The van der Waals surface area contributed by atoms with Crippen LogP contribution < -0.4 is 4.90 Å². The molecule has 0 amide bonds. The Morgan fingerprint density at radius 1 is 0.258 bits per heavy atom. The van der Waals surface area contributed by atoms with Crippen molar-refractivity contribution >= 4 is 71.3 Å². The third-order valence-electron chi connectivity index (χ3n) is 12.5. The molecule has 0 saturated heterocycles. The van der Waals surface area contributed by atoms with Crippen LogP contribution in [0.4, 0.5) is 17.1 Å². The van der Waals surface area contributed by atoms with Crippen LogP contribution in [-0.4, -0.2) is 0 Å². The highest BCUT2D eigenvalue weighted by molar-refractivity contribution is 6.12. The molecule has 0 unspecified atom stereocenters. The number of anilines is 3. The van der Waals surface area contributed by atoms with E-state index in [1.165, 1.54) is 65.7 Å². The summed E-state index contributed by atoms with van der Waals surface area (Å²) >= 11 is 0. The molecule has 12 rings (SSSR count). The fourth-order valence-electron chi connectivity index (χ4n) is 9.37. The van der Waals surface area contributed by atoms with Crippen molar-refractivity contribution in [3.63, 3.8) is 0 Å². The summed E-state index contributed by atoms with van der Waals surface area (Å²) in [4.78, 5) is 2.35. The van der Waals surface area contributed by atoms with Gasteiger partial charge < -0.3 is 9.32 Å². The van der Waals surface area contributed by atoms with Crippen LogP contribution in [0.3, 0.4) is 0 Å². The molecule has 0 radical (unpaired) electrons. The fourth-order valence-corrected chi connectivity index (χ4v) is 9.37. The van der Waals surface area contributed by atoms with E-state index >= 15 is 0 Å². The lowest BCUT2D eigenvalue weighted by Crippen LogP contribution is -2.09. The molecule has 0 fully saturated rings. The molecule has 0 spiro atoms. The number of fused-ring (bicyclic) bond motifs is 7. The first-order valence-electron chi connectivity index (χ1n) is 21.2. The number of benzene rings is 11. The van der Waals surface area contributed by atoms with Crippen molar-refractivity contribution in [3.8, 4) is 44.5 Å². The van der Waals surface area contributed by atoms with Crippen molar-refractivity contribution in [2.75, 3.05) is 4.90 Å². The maximum Gasteiger partial charge on any atom is 0.136 e. The first-order chi connectivity index (χ1) is 30.7. The van der Waals surface area contributed by atoms with Crippen LogP contribution in [0.5, 0.6) is 0 Å². The summed E-state index contributed by atoms with van der Waals surface area (Å²) in [6.07, 6.45) is 0. The van der Waals surface area contributed by atoms with Gasteiger partial charge in [0.1, 0.15) is 11.2 Å². The molecule has 2 nitrogen and oxygen atoms in total. The van der Waals surface area contributed by atoms with Crippen molar-refractivity contribution in [3.05, 3.63) is 237 Å². The van der Waals surface area contributed by atoms with Gasteiger partial charge in [0, 0.05) is 27.8 Å². The fraction of sp³-hybridized carbons (Fsp3) is 0. The average molecular weight is 790 g/mol. The molecule has 2 heteroatoms. The second-order valence-corrected chi connectivity index (χ2v) is 16.1. The van der Waals surface area contributed by atoms with Gasteiger partial charge in [0.05, 0.1) is 0 Å². The van der Waals surface area contributed by atoms with Gasteiger partial charge in [-0.3, -0.25) is 0 Å². The molecular formula is C60H39NO. The predicted molar refractivity (Wildman–Crippen MR) is 263 cm³/mol. The lowest BCUT2D eigenvalue weighted by Gasteiger charge is -2.26. The first-order valence-corrected chi connectivity index (χ1v) is 21.2. The van der Waals surface area contributed by atoms with Gasteiger partial charge >= 0.3 is 0 Å². The van der Waals surface area contributed by atoms with E-state index in [1.807, 2.05) is 12.1 Å². The summed E-state index contributed by atoms with van der Waals surface area (Å²) in [7, 11) is 0. The summed E-state index contributed by atoms with van der Waals surface area (Å²) in [5.41, 5.74) is 14.6. The number of para-hydroxylation sites is 1. The number of nitrogens with zero attached hydrogens (tertiary/aromatic N) is 1. The van der Waals surface area contributed by atoms with E-state index in [9.17, 15) is 0 Å². The van der Waals surface area contributed by atoms with Gasteiger partial charge in [-0.1, -0.05) is 182 Å². The largest absolute Gasteiger partial charge is 0.456 e. The van der Waals surface area contributed by atoms with E-state index in [-0.39, 0.29) is 0 Å². The SMILES string of the molecule is c1ccc2c(-c3ccc(-c4ccc(N(c5ccc(-c6ccc7c(ccc8ccccc87)c6)cc5)c5ccc(-c6cccc7oc8ccccc8c67)cc5)cc4)cc3)cccc2c1. The molecular weight excluding hydrogens is 751 g/mol. The van der Waals surface area contributed by atoms with Crippen molar-refractivity contribution in [2.45, 2.75) is 0 Å². The third kappa shape index (κ3) is 6.20.